The molecule has 94 valence electrons. The minimum absolute atomic E-state index is 0.216. The van der Waals surface area contributed by atoms with Gasteiger partial charge in [0.2, 0.25) is 0 Å². The van der Waals surface area contributed by atoms with Crippen LogP contribution in [0.15, 0.2) is 10.6 Å². The molecule has 1 aliphatic rings. The van der Waals surface area contributed by atoms with Gasteiger partial charge in [-0.1, -0.05) is 12.1 Å². The second-order valence-corrected chi connectivity index (χ2v) is 4.92. The molecule has 1 fully saturated rings. The van der Waals surface area contributed by atoms with Gasteiger partial charge in [0.1, 0.15) is 5.76 Å². The van der Waals surface area contributed by atoms with Crippen LogP contribution in [0.5, 0.6) is 0 Å². The highest BCUT2D eigenvalue weighted by Crippen LogP contribution is 2.40. The van der Waals surface area contributed by atoms with Crippen LogP contribution < -0.4 is 5.32 Å². The molecule has 17 heavy (non-hydrogen) atoms. The van der Waals surface area contributed by atoms with Gasteiger partial charge in [-0.2, -0.15) is 0 Å². The van der Waals surface area contributed by atoms with Crippen LogP contribution in [0.1, 0.15) is 55.3 Å². The largest absolute Gasteiger partial charge is 0.388 e. The Hall–Kier alpha value is -1.36. The Kier molecular flexibility index (Phi) is 3.19. The van der Waals surface area contributed by atoms with Gasteiger partial charge < -0.3 is 14.9 Å². The van der Waals surface area contributed by atoms with Crippen molar-refractivity contribution in [3.8, 4) is 0 Å². The van der Waals surface area contributed by atoms with Crippen molar-refractivity contribution in [1.29, 1.82) is 0 Å². The third-order valence-electron chi connectivity index (χ3n) is 3.13. The van der Waals surface area contributed by atoms with Gasteiger partial charge in [-0.25, -0.2) is 0 Å². The number of rotatable bonds is 5. The van der Waals surface area contributed by atoms with Gasteiger partial charge in [-0.05, 0) is 26.2 Å². The fraction of sp³-hybridized carbons (Fsp3) is 0.667. The Morgan fingerprint density at radius 2 is 2.41 bits per heavy atom. The lowest BCUT2D eigenvalue weighted by molar-refractivity contribution is 0.0516. The number of aliphatic hydroxyl groups is 1. The van der Waals surface area contributed by atoms with Gasteiger partial charge in [-0.15, -0.1) is 0 Å². The molecule has 1 aromatic rings. The lowest BCUT2D eigenvalue weighted by Crippen LogP contribution is -2.40. The normalized spacial score (nSPS) is 18.8. The molecular formula is C12H18N2O3. The van der Waals surface area contributed by atoms with Gasteiger partial charge in [0.05, 0.1) is 5.60 Å². The minimum Gasteiger partial charge on any atom is -0.388 e. The summed E-state index contributed by atoms with van der Waals surface area (Å²) in [5.74, 6) is 0.939. The first kappa shape index (κ1) is 12.1. The fourth-order valence-corrected chi connectivity index (χ4v) is 1.44. The Balaban J connectivity index is 1.90. The van der Waals surface area contributed by atoms with E-state index in [-0.39, 0.29) is 12.5 Å². The maximum absolute atomic E-state index is 11.7. The molecule has 1 aromatic heterocycles. The quantitative estimate of drug-likeness (QED) is 0.814. The van der Waals surface area contributed by atoms with E-state index in [2.05, 4.69) is 10.5 Å². The highest BCUT2D eigenvalue weighted by Gasteiger charge is 2.29. The minimum atomic E-state index is -0.876. The first-order valence-corrected chi connectivity index (χ1v) is 5.99. The van der Waals surface area contributed by atoms with Crippen LogP contribution in [0.25, 0.3) is 0 Å². The van der Waals surface area contributed by atoms with Crippen LogP contribution in [-0.4, -0.2) is 28.3 Å². The van der Waals surface area contributed by atoms with Gasteiger partial charge in [-0.3, -0.25) is 4.79 Å². The van der Waals surface area contributed by atoms with Crippen LogP contribution in [0.3, 0.4) is 0 Å². The molecule has 2 N–H and O–H groups in total. The van der Waals surface area contributed by atoms with Crippen LogP contribution >= 0.6 is 0 Å². The average Bonchev–Trinajstić information content (AvgIpc) is 3.04. The molecule has 5 nitrogen and oxygen atoms in total. The van der Waals surface area contributed by atoms with E-state index in [0.717, 1.165) is 18.6 Å². The zero-order chi connectivity index (χ0) is 12.5. The molecule has 1 heterocycles. The Bertz CT molecular complexity index is 408. The van der Waals surface area contributed by atoms with E-state index in [1.165, 1.54) is 0 Å². The summed E-state index contributed by atoms with van der Waals surface area (Å²) in [5.41, 5.74) is -0.586. The number of nitrogens with one attached hydrogen (secondary N) is 1. The monoisotopic (exact) mass is 238 g/mol. The number of nitrogens with zero attached hydrogens (tertiary/aromatic N) is 1. The predicted molar refractivity (Wildman–Crippen MR) is 61.7 cm³/mol. The number of hydrogen-bond donors (Lipinski definition) is 2. The maximum Gasteiger partial charge on any atom is 0.273 e. The maximum atomic E-state index is 11.7. The standard InChI is InChI=1S/C12H18N2O3/c1-3-12(2,16)7-13-11(15)9-6-10(17-14-9)8-4-5-8/h6,8,16H,3-5,7H2,1-2H3,(H,13,15). The van der Waals surface area contributed by atoms with Crippen molar-refractivity contribution in [2.45, 2.75) is 44.6 Å². The van der Waals surface area contributed by atoms with Gasteiger partial charge >= 0.3 is 0 Å². The Morgan fingerprint density at radius 1 is 1.71 bits per heavy atom. The summed E-state index contributed by atoms with van der Waals surface area (Å²) in [5, 5.41) is 16.2. The third-order valence-corrected chi connectivity index (χ3v) is 3.13. The Labute approximate surface area is 100 Å². The van der Waals surface area contributed by atoms with E-state index in [4.69, 9.17) is 4.52 Å². The average molecular weight is 238 g/mol. The van der Waals surface area contributed by atoms with Crippen molar-refractivity contribution in [2.24, 2.45) is 0 Å². The molecule has 0 radical (unpaired) electrons. The summed E-state index contributed by atoms with van der Waals surface area (Å²) in [7, 11) is 0. The second kappa shape index (κ2) is 4.49. The summed E-state index contributed by atoms with van der Waals surface area (Å²) in [6, 6.07) is 1.69. The molecule has 1 saturated carbocycles. The van der Waals surface area contributed by atoms with Crippen molar-refractivity contribution >= 4 is 5.91 Å². The number of amides is 1. The molecule has 0 saturated heterocycles. The SMILES string of the molecule is CCC(C)(O)CNC(=O)c1cc(C2CC2)on1. The van der Waals surface area contributed by atoms with Gasteiger partial charge in [0, 0.05) is 18.5 Å². The first-order chi connectivity index (χ1) is 8.02. The third kappa shape index (κ3) is 3.06. The topological polar surface area (TPSA) is 75.4 Å². The van der Waals surface area contributed by atoms with E-state index >= 15 is 0 Å². The smallest absolute Gasteiger partial charge is 0.273 e. The lowest BCUT2D eigenvalue weighted by Gasteiger charge is -2.20. The highest BCUT2D eigenvalue weighted by molar-refractivity contribution is 5.92. The van der Waals surface area contributed by atoms with Crippen LogP contribution in [0.4, 0.5) is 0 Å². The molecule has 0 aromatic carbocycles. The van der Waals surface area contributed by atoms with E-state index < -0.39 is 5.60 Å². The van der Waals surface area contributed by atoms with E-state index in [1.54, 1.807) is 13.0 Å². The van der Waals surface area contributed by atoms with E-state index in [0.29, 0.717) is 18.0 Å². The number of carbonyl (C=O) groups excluding carboxylic acids is 1. The summed E-state index contributed by atoms with van der Waals surface area (Å²) >= 11 is 0. The van der Waals surface area contributed by atoms with Gasteiger partial charge in [0.15, 0.2) is 5.69 Å². The fourth-order valence-electron chi connectivity index (χ4n) is 1.44. The van der Waals surface area contributed by atoms with E-state index in [1.807, 2.05) is 6.92 Å². The van der Waals surface area contributed by atoms with Gasteiger partial charge in [0.25, 0.3) is 5.91 Å². The molecule has 0 bridgehead atoms. The molecule has 1 amide bonds. The molecule has 1 unspecified atom stereocenters. The number of aromatic nitrogens is 1. The number of hydrogen-bond acceptors (Lipinski definition) is 4. The summed E-state index contributed by atoms with van der Waals surface area (Å²) < 4.78 is 5.09. The summed E-state index contributed by atoms with van der Waals surface area (Å²) in [4.78, 5) is 11.7. The van der Waals surface area contributed by atoms with Crippen LogP contribution in [0, 0.1) is 0 Å². The molecule has 5 heteroatoms. The molecule has 0 spiro atoms. The molecular weight excluding hydrogens is 220 g/mol. The summed E-state index contributed by atoms with van der Waals surface area (Å²) in [6.07, 6.45) is 2.81. The zero-order valence-corrected chi connectivity index (χ0v) is 10.2. The first-order valence-electron chi connectivity index (χ1n) is 5.99. The Morgan fingerprint density at radius 3 is 3.00 bits per heavy atom. The number of carbonyl (C=O) groups is 1. The molecule has 2 rings (SSSR count). The van der Waals surface area contributed by atoms with Crippen molar-refractivity contribution in [2.75, 3.05) is 6.54 Å². The lowest BCUT2D eigenvalue weighted by atomic mass is 10.0. The molecule has 1 atom stereocenters. The van der Waals surface area contributed by atoms with Crippen LogP contribution in [-0.2, 0) is 0 Å². The zero-order valence-electron chi connectivity index (χ0n) is 10.2. The predicted octanol–water partition coefficient (Wildman–Crippen LogP) is 1.44. The van der Waals surface area contributed by atoms with Crippen molar-refractivity contribution in [3.63, 3.8) is 0 Å². The van der Waals surface area contributed by atoms with Crippen molar-refractivity contribution in [3.05, 3.63) is 17.5 Å². The second-order valence-electron chi connectivity index (χ2n) is 4.92. The highest BCUT2D eigenvalue weighted by atomic mass is 16.5. The van der Waals surface area contributed by atoms with Crippen molar-refractivity contribution < 1.29 is 14.4 Å². The molecule has 1 aliphatic carbocycles. The molecule has 0 aliphatic heterocycles. The summed E-state index contributed by atoms with van der Waals surface area (Å²) in [6.45, 7) is 3.77. The van der Waals surface area contributed by atoms with E-state index in [9.17, 15) is 9.90 Å². The van der Waals surface area contributed by atoms with Crippen LogP contribution in [0.2, 0.25) is 0 Å². The van der Waals surface area contributed by atoms with Crippen molar-refractivity contribution in [1.82, 2.24) is 10.5 Å².